The first kappa shape index (κ1) is 24.7. The first-order valence-corrected chi connectivity index (χ1v) is 10.3. The van der Waals surface area contributed by atoms with Gasteiger partial charge >= 0.3 is 13.2 Å². The molecule has 1 aliphatic heterocycles. The summed E-state index contributed by atoms with van der Waals surface area (Å²) in [5, 5.41) is 16.3. The Bertz CT molecular complexity index is 809. The number of rotatable bonds is 7. The number of benzene rings is 1. The monoisotopic (exact) mass is 433 g/mol. The normalized spacial score (nSPS) is 18.9. The van der Waals surface area contributed by atoms with Gasteiger partial charge in [-0.15, -0.1) is 0 Å². The van der Waals surface area contributed by atoms with Crippen molar-refractivity contribution >= 4 is 36.2 Å². The topological polar surface area (TPSA) is 126 Å². The highest BCUT2D eigenvalue weighted by atomic mass is 16.7. The molecule has 10 heteroatoms. The van der Waals surface area contributed by atoms with E-state index in [9.17, 15) is 14.4 Å². The van der Waals surface area contributed by atoms with E-state index in [4.69, 9.17) is 14.4 Å². The molecule has 4 N–H and O–H groups in total. The molecule has 1 saturated heterocycles. The van der Waals surface area contributed by atoms with Gasteiger partial charge in [-0.3, -0.25) is 9.59 Å². The van der Waals surface area contributed by atoms with Gasteiger partial charge in [0, 0.05) is 5.69 Å². The summed E-state index contributed by atoms with van der Waals surface area (Å²) in [7, 11) is -0.498. The molecule has 9 nitrogen and oxygen atoms in total. The van der Waals surface area contributed by atoms with Crippen LogP contribution >= 0.6 is 0 Å². The summed E-state index contributed by atoms with van der Waals surface area (Å²) in [4.78, 5) is 35.7. The maximum atomic E-state index is 12.5. The van der Waals surface area contributed by atoms with Crippen LogP contribution in [0.3, 0.4) is 0 Å². The van der Waals surface area contributed by atoms with E-state index in [0.717, 1.165) is 5.46 Å². The Morgan fingerprint density at radius 2 is 1.42 bits per heavy atom. The summed E-state index contributed by atoms with van der Waals surface area (Å²) in [5.41, 5.74) is 0.497. The fraction of sp³-hybridized carbons (Fsp3) is 0.571. The summed E-state index contributed by atoms with van der Waals surface area (Å²) in [6, 6.07) is 5.28. The number of anilines is 1. The maximum absolute atomic E-state index is 12.5. The number of amides is 3. The average molecular weight is 433 g/mol. The predicted molar refractivity (Wildman–Crippen MR) is 118 cm³/mol. The van der Waals surface area contributed by atoms with Gasteiger partial charge in [0.2, 0.25) is 11.8 Å². The van der Waals surface area contributed by atoms with Crippen molar-refractivity contribution in [3.63, 3.8) is 0 Å². The number of carbonyl (C=O) groups excluding carboxylic acids is 2. The van der Waals surface area contributed by atoms with Crippen LogP contribution in [0.4, 0.5) is 10.5 Å². The van der Waals surface area contributed by atoms with Crippen LogP contribution in [0.25, 0.3) is 0 Å². The van der Waals surface area contributed by atoms with E-state index < -0.39 is 48.3 Å². The Balaban J connectivity index is 1.96. The molecule has 0 unspecified atom stereocenters. The van der Waals surface area contributed by atoms with Gasteiger partial charge in [-0.1, -0.05) is 26.0 Å². The largest absolute Gasteiger partial charge is 0.494 e. The van der Waals surface area contributed by atoms with Gasteiger partial charge in [0.15, 0.2) is 0 Å². The molecule has 1 aliphatic rings. The third-order valence-corrected chi connectivity index (χ3v) is 5.68. The molecule has 1 aromatic rings. The van der Waals surface area contributed by atoms with Crippen molar-refractivity contribution in [1.29, 1.82) is 0 Å². The Kier molecular flexibility index (Phi) is 7.38. The summed E-state index contributed by atoms with van der Waals surface area (Å²) >= 11 is 0. The van der Waals surface area contributed by atoms with Crippen LogP contribution in [0.2, 0.25) is 0 Å². The smallest absolute Gasteiger partial charge is 0.465 e. The molecule has 0 saturated carbocycles. The van der Waals surface area contributed by atoms with Crippen LogP contribution in [0.1, 0.15) is 48.5 Å². The number of carboxylic acid groups (broad SMARTS) is 1. The maximum Gasteiger partial charge on any atom is 0.494 e. The Morgan fingerprint density at radius 1 is 0.903 bits per heavy atom. The lowest BCUT2D eigenvalue weighted by molar-refractivity contribution is -0.128. The highest BCUT2D eigenvalue weighted by Gasteiger charge is 2.51. The van der Waals surface area contributed by atoms with Crippen LogP contribution in [-0.4, -0.2) is 53.4 Å². The first-order chi connectivity index (χ1) is 14.2. The molecular formula is C21H32BN3O6. The van der Waals surface area contributed by atoms with Gasteiger partial charge in [0.25, 0.3) is 0 Å². The molecule has 3 amide bonds. The van der Waals surface area contributed by atoms with Crippen molar-refractivity contribution in [3.8, 4) is 0 Å². The van der Waals surface area contributed by atoms with Crippen LogP contribution < -0.4 is 21.4 Å². The van der Waals surface area contributed by atoms with Crippen molar-refractivity contribution in [2.24, 2.45) is 5.92 Å². The summed E-state index contributed by atoms with van der Waals surface area (Å²) in [5.74, 6) is -1.25. The molecule has 2 rings (SSSR count). The molecule has 2 atom stereocenters. The number of hydrogen-bond donors (Lipinski definition) is 4. The second kappa shape index (κ2) is 9.27. The first-order valence-electron chi connectivity index (χ1n) is 10.3. The quantitative estimate of drug-likeness (QED) is 0.485. The summed E-state index contributed by atoms with van der Waals surface area (Å²) in [6.45, 7) is 12.9. The van der Waals surface area contributed by atoms with Crippen molar-refractivity contribution < 1.29 is 28.8 Å². The minimum atomic E-state index is -1.30. The average Bonchev–Trinajstić information content (AvgIpc) is 2.87. The third kappa shape index (κ3) is 5.98. The number of hydrogen-bond acceptors (Lipinski definition) is 5. The van der Waals surface area contributed by atoms with Crippen LogP contribution in [-0.2, 0) is 18.9 Å². The van der Waals surface area contributed by atoms with E-state index in [1.54, 1.807) is 26.0 Å². The zero-order valence-corrected chi connectivity index (χ0v) is 19.1. The van der Waals surface area contributed by atoms with Crippen molar-refractivity contribution in [2.75, 3.05) is 5.32 Å². The molecule has 0 spiro atoms. The standard InChI is InChI=1S/C21H32BN3O6/c1-12(2)16(25-19(28)29)18(27)23-13(3)17(26)24-15-10-8-14(9-11-15)22-30-20(4,5)21(6,7)31-22/h8-13,16,25H,1-7H3,(H,23,27)(H,24,26)(H,28,29)/t13-,16-/m0/s1. The highest BCUT2D eigenvalue weighted by Crippen LogP contribution is 2.36. The minimum absolute atomic E-state index is 0.270. The summed E-state index contributed by atoms with van der Waals surface area (Å²) in [6.07, 6.45) is -1.30. The van der Waals surface area contributed by atoms with Crippen LogP contribution in [0.5, 0.6) is 0 Å². The molecule has 0 aromatic heterocycles. The fourth-order valence-corrected chi connectivity index (χ4v) is 2.99. The van der Waals surface area contributed by atoms with E-state index in [1.807, 2.05) is 39.8 Å². The van der Waals surface area contributed by atoms with E-state index in [0.29, 0.717) is 5.69 Å². The molecule has 0 bridgehead atoms. The lowest BCUT2D eigenvalue weighted by Crippen LogP contribution is -2.53. The molecule has 0 radical (unpaired) electrons. The molecule has 170 valence electrons. The molecule has 1 heterocycles. The third-order valence-electron chi connectivity index (χ3n) is 5.68. The molecule has 0 aliphatic carbocycles. The lowest BCUT2D eigenvalue weighted by atomic mass is 9.79. The van der Waals surface area contributed by atoms with E-state index in [2.05, 4.69) is 16.0 Å². The van der Waals surface area contributed by atoms with E-state index in [-0.39, 0.29) is 5.92 Å². The zero-order valence-electron chi connectivity index (χ0n) is 19.1. The van der Waals surface area contributed by atoms with E-state index in [1.165, 1.54) is 6.92 Å². The van der Waals surface area contributed by atoms with Gasteiger partial charge in [0.1, 0.15) is 12.1 Å². The van der Waals surface area contributed by atoms with Crippen LogP contribution in [0, 0.1) is 5.92 Å². The van der Waals surface area contributed by atoms with Gasteiger partial charge in [-0.25, -0.2) is 4.79 Å². The van der Waals surface area contributed by atoms with Crippen molar-refractivity contribution in [2.45, 2.75) is 71.8 Å². The second-order valence-electron chi connectivity index (χ2n) is 9.10. The van der Waals surface area contributed by atoms with Gasteiger partial charge in [0.05, 0.1) is 11.2 Å². The Morgan fingerprint density at radius 3 is 1.87 bits per heavy atom. The Hall–Kier alpha value is -2.59. The van der Waals surface area contributed by atoms with Gasteiger partial charge in [-0.05, 0) is 58.1 Å². The Labute approximate surface area is 183 Å². The van der Waals surface area contributed by atoms with Crippen LogP contribution in [0.15, 0.2) is 24.3 Å². The second-order valence-corrected chi connectivity index (χ2v) is 9.10. The van der Waals surface area contributed by atoms with E-state index >= 15 is 0 Å². The summed E-state index contributed by atoms with van der Waals surface area (Å²) < 4.78 is 12.0. The SMILES string of the molecule is CC(C)[C@H](NC(=O)O)C(=O)N[C@@H](C)C(=O)Nc1ccc(B2OC(C)(C)C(C)(C)O2)cc1. The number of carbonyl (C=O) groups is 3. The molecular weight excluding hydrogens is 401 g/mol. The highest BCUT2D eigenvalue weighted by molar-refractivity contribution is 6.62. The minimum Gasteiger partial charge on any atom is -0.465 e. The van der Waals surface area contributed by atoms with Crippen molar-refractivity contribution in [3.05, 3.63) is 24.3 Å². The zero-order chi connectivity index (χ0) is 23.6. The molecule has 1 fully saturated rings. The number of nitrogens with one attached hydrogen (secondary N) is 3. The fourth-order valence-electron chi connectivity index (χ4n) is 2.99. The lowest BCUT2D eigenvalue weighted by Gasteiger charge is -2.32. The molecule has 1 aromatic carbocycles. The van der Waals surface area contributed by atoms with Gasteiger partial charge < -0.3 is 30.4 Å². The molecule has 31 heavy (non-hydrogen) atoms. The van der Waals surface area contributed by atoms with Gasteiger partial charge in [-0.2, -0.15) is 0 Å². The van der Waals surface area contributed by atoms with Crippen molar-refractivity contribution in [1.82, 2.24) is 10.6 Å². The predicted octanol–water partition coefficient (Wildman–Crippen LogP) is 1.72.